The summed E-state index contributed by atoms with van der Waals surface area (Å²) in [5, 5.41) is 0. The van der Waals surface area contributed by atoms with E-state index in [1.807, 2.05) is 6.92 Å². The molecule has 0 aromatic heterocycles. The molecule has 3 aromatic rings. The lowest BCUT2D eigenvalue weighted by atomic mass is 9.94. The first-order valence-electron chi connectivity index (χ1n) is 10.9. The van der Waals surface area contributed by atoms with Gasteiger partial charge in [-0.3, -0.25) is 4.31 Å². The number of hydrogen-bond donors (Lipinski definition) is 0. The average molecular weight is 490 g/mol. The predicted octanol–water partition coefficient (Wildman–Crippen LogP) is 5.60. The van der Waals surface area contributed by atoms with Gasteiger partial charge in [-0.15, -0.1) is 8.78 Å². The monoisotopic (exact) mass is 489 g/mol. The quantitative estimate of drug-likeness (QED) is 0.468. The van der Waals surface area contributed by atoms with Gasteiger partial charge < -0.3 is 9.47 Å². The molecule has 5 nitrogen and oxygen atoms in total. The highest BCUT2D eigenvalue weighted by molar-refractivity contribution is 7.92. The second kappa shape index (κ2) is 8.23. The Morgan fingerprint density at radius 1 is 1.00 bits per heavy atom. The third-order valence-corrected chi connectivity index (χ3v) is 8.05. The number of rotatable bonds is 5. The highest BCUT2D eigenvalue weighted by Gasteiger charge is 2.43. The third-order valence-electron chi connectivity index (χ3n) is 6.17. The normalized spacial score (nSPS) is 18.6. The van der Waals surface area contributed by atoms with Gasteiger partial charge in [-0.25, -0.2) is 12.8 Å². The minimum atomic E-state index is -3.96. The van der Waals surface area contributed by atoms with Crippen LogP contribution in [0.1, 0.15) is 29.5 Å². The minimum absolute atomic E-state index is 0.0422. The van der Waals surface area contributed by atoms with Crippen LogP contribution < -0.4 is 13.8 Å². The number of halogens is 3. The molecular formula is C25H22F3NO4S. The average Bonchev–Trinajstić information content (AvgIpc) is 3.10. The predicted molar refractivity (Wildman–Crippen MR) is 120 cm³/mol. The summed E-state index contributed by atoms with van der Waals surface area (Å²) in [5.41, 5.74) is 2.73. The fourth-order valence-corrected chi connectivity index (χ4v) is 6.22. The van der Waals surface area contributed by atoms with Gasteiger partial charge in [-0.2, -0.15) is 0 Å². The molecule has 1 unspecified atom stereocenters. The number of alkyl halides is 2. The number of hydrogen-bond acceptors (Lipinski definition) is 4. The van der Waals surface area contributed by atoms with E-state index in [9.17, 15) is 21.6 Å². The number of benzene rings is 3. The Morgan fingerprint density at radius 3 is 2.50 bits per heavy atom. The Labute approximate surface area is 195 Å². The summed E-state index contributed by atoms with van der Waals surface area (Å²) in [7, 11) is -3.96. The van der Waals surface area contributed by atoms with Gasteiger partial charge in [-0.05, 0) is 80.1 Å². The standard InChI is InChI=1S/C25H22F3NO4S/c1-16-2-11-21(12-3-16)34(30,31)29-20(10-7-18-6-8-19(26)15-22(18)29)9-4-17-5-13-23-24(14-17)33-25(27,28)32-23/h2-3,5-6,8,11-15,20H,4,7,9-10H2,1H3. The highest BCUT2D eigenvalue weighted by Crippen LogP contribution is 2.42. The molecule has 0 saturated carbocycles. The van der Waals surface area contributed by atoms with Crippen LogP contribution in [0, 0.1) is 12.7 Å². The Balaban J connectivity index is 1.46. The number of sulfonamides is 1. The molecular weight excluding hydrogens is 467 g/mol. The van der Waals surface area contributed by atoms with Crippen molar-refractivity contribution >= 4 is 15.7 Å². The van der Waals surface area contributed by atoms with Crippen molar-refractivity contribution in [2.45, 2.75) is 49.8 Å². The largest absolute Gasteiger partial charge is 0.586 e. The van der Waals surface area contributed by atoms with Crippen LogP contribution in [0.3, 0.4) is 0 Å². The van der Waals surface area contributed by atoms with Crippen molar-refractivity contribution in [1.82, 2.24) is 0 Å². The molecule has 9 heteroatoms. The zero-order valence-corrected chi connectivity index (χ0v) is 19.1. The molecule has 0 radical (unpaired) electrons. The zero-order valence-electron chi connectivity index (χ0n) is 18.3. The molecule has 178 valence electrons. The molecule has 0 aliphatic carbocycles. The lowest BCUT2D eigenvalue weighted by molar-refractivity contribution is -0.286. The first-order valence-corrected chi connectivity index (χ1v) is 12.3. The summed E-state index contributed by atoms with van der Waals surface area (Å²) in [4.78, 5) is 0.130. The Hall–Kier alpha value is -3.20. The minimum Gasteiger partial charge on any atom is -0.395 e. The van der Waals surface area contributed by atoms with E-state index in [1.54, 1.807) is 36.4 Å². The number of anilines is 1. The van der Waals surface area contributed by atoms with Crippen molar-refractivity contribution in [3.05, 3.63) is 83.2 Å². The van der Waals surface area contributed by atoms with Gasteiger partial charge in [0.25, 0.3) is 10.0 Å². The number of ether oxygens (including phenoxy) is 2. The van der Waals surface area contributed by atoms with Crippen molar-refractivity contribution in [2.24, 2.45) is 0 Å². The van der Waals surface area contributed by atoms with Gasteiger partial charge in [-0.1, -0.05) is 29.8 Å². The molecule has 2 aliphatic heterocycles. The van der Waals surface area contributed by atoms with E-state index in [0.29, 0.717) is 36.9 Å². The van der Waals surface area contributed by atoms with Crippen LogP contribution in [0.5, 0.6) is 11.5 Å². The van der Waals surface area contributed by atoms with E-state index < -0.39 is 28.2 Å². The van der Waals surface area contributed by atoms with Crippen LogP contribution in [0.2, 0.25) is 0 Å². The van der Waals surface area contributed by atoms with E-state index in [1.165, 1.54) is 28.6 Å². The zero-order chi connectivity index (χ0) is 24.1. The van der Waals surface area contributed by atoms with Gasteiger partial charge in [0.1, 0.15) is 5.82 Å². The maximum Gasteiger partial charge on any atom is 0.586 e. The van der Waals surface area contributed by atoms with Crippen LogP contribution in [-0.4, -0.2) is 20.8 Å². The van der Waals surface area contributed by atoms with Crippen molar-refractivity contribution in [3.8, 4) is 11.5 Å². The van der Waals surface area contributed by atoms with Gasteiger partial charge in [0, 0.05) is 6.04 Å². The topological polar surface area (TPSA) is 55.8 Å². The van der Waals surface area contributed by atoms with Gasteiger partial charge in [0.2, 0.25) is 0 Å². The Kier molecular flexibility index (Phi) is 5.47. The molecule has 34 heavy (non-hydrogen) atoms. The van der Waals surface area contributed by atoms with E-state index in [4.69, 9.17) is 0 Å². The maximum atomic E-state index is 14.2. The van der Waals surface area contributed by atoms with Crippen molar-refractivity contribution in [2.75, 3.05) is 4.31 Å². The number of aryl methyl sites for hydroxylation is 3. The van der Waals surface area contributed by atoms with E-state index in [2.05, 4.69) is 9.47 Å². The van der Waals surface area contributed by atoms with Crippen molar-refractivity contribution in [3.63, 3.8) is 0 Å². The summed E-state index contributed by atoms with van der Waals surface area (Å²) >= 11 is 0. The molecule has 0 saturated heterocycles. The fourth-order valence-electron chi connectivity index (χ4n) is 4.48. The molecule has 1 atom stereocenters. The second-order valence-electron chi connectivity index (χ2n) is 8.57. The molecule has 0 bridgehead atoms. The molecule has 2 heterocycles. The maximum absolute atomic E-state index is 14.2. The summed E-state index contributed by atoms with van der Waals surface area (Å²) in [6, 6.07) is 14.9. The highest BCUT2D eigenvalue weighted by atomic mass is 32.2. The Morgan fingerprint density at radius 2 is 1.74 bits per heavy atom. The molecule has 0 amide bonds. The fraction of sp³-hybridized carbons (Fsp3) is 0.280. The first kappa shape index (κ1) is 22.6. The lowest BCUT2D eigenvalue weighted by Crippen LogP contribution is -2.44. The summed E-state index contributed by atoms with van der Waals surface area (Å²) in [5.74, 6) is -0.609. The van der Waals surface area contributed by atoms with Gasteiger partial charge in [0.05, 0.1) is 10.6 Å². The van der Waals surface area contributed by atoms with E-state index in [0.717, 1.165) is 11.1 Å². The Bertz CT molecular complexity index is 1340. The van der Waals surface area contributed by atoms with Crippen molar-refractivity contribution < 1.29 is 31.1 Å². The van der Waals surface area contributed by atoms with Crippen LogP contribution in [0.25, 0.3) is 0 Å². The summed E-state index contributed by atoms with van der Waals surface area (Å²) in [6.45, 7) is 1.87. The van der Waals surface area contributed by atoms with Gasteiger partial charge in [0.15, 0.2) is 11.5 Å². The van der Waals surface area contributed by atoms with E-state index in [-0.39, 0.29) is 16.4 Å². The second-order valence-corrected chi connectivity index (χ2v) is 10.4. The molecule has 0 spiro atoms. The number of nitrogens with zero attached hydrogens (tertiary/aromatic N) is 1. The SMILES string of the molecule is Cc1ccc(S(=O)(=O)N2c3cc(F)ccc3CCC2CCc2ccc3c(c2)OC(F)(F)O3)cc1. The van der Waals surface area contributed by atoms with Crippen LogP contribution in [-0.2, 0) is 22.9 Å². The molecule has 5 rings (SSSR count). The van der Waals surface area contributed by atoms with Crippen LogP contribution in [0.4, 0.5) is 18.9 Å². The summed E-state index contributed by atoms with van der Waals surface area (Å²) in [6.07, 6.45) is -1.72. The molecule has 2 aliphatic rings. The lowest BCUT2D eigenvalue weighted by Gasteiger charge is -2.38. The number of fused-ring (bicyclic) bond motifs is 2. The van der Waals surface area contributed by atoms with Gasteiger partial charge >= 0.3 is 6.29 Å². The smallest absolute Gasteiger partial charge is 0.395 e. The third kappa shape index (κ3) is 4.20. The van der Waals surface area contributed by atoms with Crippen molar-refractivity contribution in [1.29, 1.82) is 0 Å². The van der Waals surface area contributed by atoms with Crippen LogP contribution in [0.15, 0.2) is 65.6 Å². The molecule has 0 fully saturated rings. The van der Waals surface area contributed by atoms with Crippen LogP contribution >= 0.6 is 0 Å². The molecule has 3 aromatic carbocycles. The summed E-state index contributed by atoms with van der Waals surface area (Å²) < 4.78 is 78.5. The first-order chi connectivity index (χ1) is 16.1. The van der Waals surface area contributed by atoms with E-state index >= 15 is 0 Å². The molecule has 0 N–H and O–H groups in total.